The van der Waals surface area contributed by atoms with Crippen molar-refractivity contribution in [3.63, 3.8) is 0 Å². The summed E-state index contributed by atoms with van der Waals surface area (Å²) >= 11 is 0. The summed E-state index contributed by atoms with van der Waals surface area (Å²) in [5.74, 6) is -1.93. The molecule has 5 rings (SSSR count). The molecule has 0 saturated carbocycles. The average Bonchev–Trinajstić information content (AvgIpc) is 3.34. The molecular formula is C27H30O10. The van der Waals surface area contributed by atoms with Crippen molar-refractivity contribution >= 4 is 16.8 Å². The van der Waals surface area contributed by atoms with Gasteiger partial charge in [0.25, 0.3) is 5.97 Å². The SMILES string of the molecule is COC1(C)OC[C@H]2O[C@@H](Oc3cc(C)cc(O)c3C(=O)CCc3ccc4occc4c3)[C@H](O)[C@@H](O)[C@@H]2O1. The molecule has 3 heterocycles. The highest BCUT2D eigenvalue weighted by Gasteiger charge is 2.52. The summed E-state index contributed by atoms with van der Waals surface area (Å²) < 4.78 is 33.5. The maximum atomic E-state index is 13.2. The van der Waals surface area contributed by atoms with Gasteiger partial charge >= 0.3 is 0 Å². The molecule has 1 aromatic heterocycles. The minimum Gasteiger partial charge on any atom is -0.507 e. The van der Waals surface area contributed by atoms with E-state index in [9.17, 15) is 20.1 Å². The molecule has 2 aromatic carbocycles. The maximum Gasteiger partial charge on any atom is 0.280 e. The summed E-state index contributed by atoms with van der Waals surface area (Å²) in [6.07, 6.45) is -3.76. The smallest absolute Gasteiger partial charge is 0.280 e. The van der Waals surface area contributed by atoms with Gasteiger partial charge in [0.05, 0.1) is 12.9 Å². The van der Waals surface area contributed by atoms with E-state index >= 15 is 0 Å². The number of ketones is 1. The normalized spacial score (nSPS) is 29.7. The van der Waals surface area contributed by atoms with Crippen LogP contribution in [-0.4, -0.2) is 71.5 Å². The number of hydrogen-bond acceptors (Lipinski definition) is 10. The second kappa shape index (κ2) is 10.1. The number of furan rings is 1. The molecule has 0 bridgehead atoms. The van der Waals surface area contributed by atoms with E-state index in [4.69, 9.17) is 28.1 Å². The number of hydrogen-bond donors (Lipinski definition) is 3. The van der Waals surface area contributed by atoms with Gasteiger partial charge in [-0.3, -0.25) is 4.79 Å². The lowest BCUT2D eigenvalue weighted by Gasteiger charge is -2.48. The van der Waals surface area contributed by atoms with E-state index in [0.29, 0.717) is 12.0 Å². The topological polar surface area (TPSA) is 137 Å². The molecule has 3 aromatic rings. The predicted octanol–water partition coefficient (Wildman–Crippen LogP) is 2.82. The van der Waals surface area contributed by atoms with Crippen LogP contribution in [0, 0.1) is 6.92 Å². The van der Waals surface area contributed by atoms with Gasteiger partial charge in [0.15, 0.2) is 5.78 Å². The van der Waals surface area contributed by atoms with E-state index in [-0.39, 0.29) is 35.9 Å². The number of aryl methyl sites for hydroxylation is 2. The van der Waals surface area contributed by atoms with Gasteiger partial charge in [0.1, 0.15) is 47.1 Å². The van der Waals surface area contributed by atoms with Crippen LogP contribution in [0.1, 0.15) is 34.8 Å². The van der Waals surface area contributed by atoms with Crippen molar-refractivity contribution in [2.45, 2.75) is 63.4 Å². The minimum absolute atomic E-state index is 0.0184. The lowest BCUT2D eigenvalue weighted by Crippen LogP contribution is -2.66. The van der Waals surface area contributed by atoms with Crippen LogP contribution in [0.5, 0.6) is 11.5 Å². The summed E-state index contributed by atoms with van der Waals surface area (Å²) in [5.41, 5.74) is 2.32. The van der Waals surface area contributed by atoms with Gasteiger partial charge in [-0.2, -0.15) is 0 Å². The lowest BCUT2D eigenvalue weighted by molar-refractivity contribution is -0.445. The third-order valence-corrected chi connectivity index (χ3v) is 6.78. The van der Waals surface area contributed by atoms with Crippen molar-refractivity contribution in [3.8, 4) is 11.5 Å². The number of fused-ring (bicyclic) bond motifs is 2. The number of phenols is 1. The van der Waals surface area contributed by atoms with Crippen molar-refractivity contribution in [2.75, 3.05) is 13.7 Å². The average molecular weight is 515 g/mol. The van der Waals surface area contributed by atoms with E-state index in [1.807, 2.05) is 24.3 Å². The van der Waals surface area contributed by atoms with Gasteiger partial charge in [-0.15, -0.1) is 0 Å². The van der Waals surface area contributed by atoms with Crippen molar-refractivity contribution in [1.29, 1.82) is 0 Å². The molecule has 0 spiro atoms. The summed E-state index contributed by atoms with van der Waals surface area (Å²) in [4.78, 5) is 13.2. The zero-order valence-electron chi connectivity index (χ0n) is 20.7. The molecule has 6 atom stereocenters. The molecule has 0 aliphatic carbocycles. The molecular weight excluding hydrogens is 484 g/mol. The Kier molecular flexibility index (Phi) is 6.97. The quantitative estimate of drug-likeness (QED) is 0.404. The molecule has 0 radical (unpaired) electrons. The zero-order valence-corrected chi connectivity index (χ0v) is 20.7. The fourth-order valence-electron chi connectivity index (χ4n) is 4.69. The molecule has 10 heteroatoms. The number of aliphatic hydroxyl groups is 2. The molecule has 2 saturated heterocycles. The van der Waals surface area contributed by atoms with Gasteiger partial charge < -0.3 is 43.4 Å². The first kappa shape index (κ1) is 25.7. The summed E-state index contributed by atoms with van der Waals surface area (Å²) in [7, 11) is 1.40. The monoisotopic (exact) mass is 514 g/mol. The number of aliphatic hydroxyl groups excluding tert-OH is 2. The summed E-state index contributed by atoms with van der Waals surface area (Å²) in [6.45, 7) is 3.30. The predicted molar refractivity (Wildman–Crippen MR) is 129 cm³/mol. The Morgan fingerprint density at radius 2 is 1.97 bits per heavy atom. The van der Waals surface area contributed by atoms with Crippen LogP contribution in [0.3, 0.4) is 0 Å². The van der Waals surface area contributed by atoms with Gasteiger partial charge in [0, 0.05) is 25.8 Å². The Balaban J connectivity index is 1.33. The first-order valence-corrected chi connectivity index (χ1v) is 12.1. The maximum absolute atomic E-state index is 13.2. The molecule has 1 unspecified atom stereocenters. The molecule has 2 fully saturated rings. The van der Waals surface area contributed by atoms with Crippen molar-refractivity contribution in [1.82, 2.24) is 0 Å². The number of phenolic OH excluding ortho intramolecular Hbond substituents is 1. The number of benzene rings is 2. The number of rotatable bonds is 7. The molecule has 198 valence electrons. The summed E-state index contributed by atoms with van der Waals surface area (Å²) in [5, 5.41) is 33.1. The molecule has 2 aliphatic rings. The van der Waals surface area contributed by atoms with Crippen LogP contribution in [0.15, 0.2) is 47.1 Å². The highest BCUT2D eigenvalue weighted by atomic mass is 16.9. The van der Waals surface area contributed by atoms with E-state index in [2.05, 4.69) is 0 Å². The third kappa shape index (κ3) is 5.08. The minimum atomic E-state index is -1.51. The van der Waals surface area contributed by atoms with Crippen LogP contribution in [0.2, 0.25) is 0 Å². The zero-order chi connectivity index (χ0) is 26.3. The van der Waals surface area contributed by atoms with Crippen LogP contribution in [0.25, 0.3) is 11.0 Å². The second-order valence-corrected chi connectivity index (χ2v) is 9.48. The van der Waals surface area contributed by atoms with E-state index < -0.39 is 36.7 Å². The molecule has 10 nitrogen and oxygen atoms in total. The highest BCUT2D eigenvalue weighted by Crippen LogP contribution is 2.37. The fourth-order valence-corrected chi connectivity index (χ4v) is 4.69. The van der Waals surface area contributed by atoms with Crippen LogP contribution >= 0.6 is 0 Å². The Hall–Kier alpha value is -2.99. The van der Waals surface area contributed by atoms with E-state index in [1.165, 1.54) is 13.2 Å². The Morgan fingerprint density at radius 1 is 1.16 bits per heavy atom. The van der Waals surface area contributed by atoms with Gasteiger partial charge in [-0.25, -0.2) is 0 Å². The number of Topliss-reactive ketones (excluding diaryl/α,β-unsaturated/α-hetero) is 1. The number of carbonyl (C=O) groups excluding carboxylic acids is 1. The summed E-state index contributed by atoms with van der Waals surface area (Å²) in [6, 6.07) is 10.6. The fraction of sp³-hybridized carbons (Fsp3) is 0.444. The van der Waals surface area contributed by atoms with Crippen LogP contribution in [-0.2, 0) is 25.4 Å². The highest BCUT2D eigenvalue weighted by molar-refractivity contribution is 6.01. The number of ether oxygens (including phenoxy) is 5. The van der Waals surface area contributed by atoms with Crippen molar-refractivity contribution in [2.24, 2.45) is 0 Å². The number of carbonyl (C=O) groups is 1. The Labute approximate surface area is 213 Å². The first-order chi connectivity index (χ1) is 17.7. The largest absolute Gasteiger partial charge is 0.507 e. The van der Waals surface area contributed by atoms with Crippen LogP contribution < -0.4 is 4.74 Å². The Morgan fingerprint density at radius 3 is 2.76 bits per heavy atom. The lowest BCUT2D eigenvalue weighted by atomic mass is 9.97. The number of methoxy groups -OCH3 is 1. The molecule has 37 heavy (non-hydrogen) atoms. The van der Waals surface area contributed by atoms with Gasteiger partial charge in [0.2, 0.25) is 6.29 Å². The second-order valence-electron chi connectivity index (χ2n) is 9.48. The van der Waals surface area contributed by atoms with Crippen molar-refractivity contribution in [3.05, 3.63) is 59.4 Å². The third-order valence-electron chi connectivity index (χ3n) is 6.78. The van der Waals surface area contributed by atoms with Crippen molar-refractivity contribution < 1.29 is 48.2 Å². The molecule has 3 N–H and O–H groups in total. The Bertz CT molecular complexity index is 1280. The first-order valence-electron chi connectivity index (χ1n) is 12.1. The van der Waals surface area contributed by atoms with E-state index in [1.54, 1.807) is 26.2 Å². The van der Waals surface area contributed by atoms with Gasteiger partial charge in [-0.05, 0) is 54.8 Å². The van der Waals surface area contributed by atoms with E-state index in [0.717, 1.165) is 16.5 Å². The van der Waals surface area contributed by atoms with Crippen LogP contribution in [0.4, 0.5) is 0 Å². The standard InChI is InChI=1S/C27H30O10/c1-14-10-18(29)22(17(28)6-4-15-5-7-19-16(12-15)8-9-33-19)20(11-14)35-26-24(31)23(30)25-21(36-26)13-34-27(2,32-3)37-25/h5,7-12,21,23-26,29-31H,4,6,13H2,1-3H3/t21-,23-,24-,25-,26-,27?/m1/s1. The van der Waals surface area contributed by atoms with Gasteiger partial charge in [-0.1, -0.05) is 6.07 Å². The number of aromatic hydroxyl groups is 1. The molecule has 2 aliphatic heterocycles. The molecule has 0 amide bonds.